The minimum atomic E-state index is -4.36. The molecule has 3 N–H and O–H groups in total. The van der Waals surface area contributed by atoms with E-state index in [1.165, 1.54) is 6.07 Å². The molecule has 0 saturated carbocycles. The van der Waals surface area contributed by atoms with Crippen LogP contribution in [0.5, 0.6) is 0 Å². The molecule has 0 aliphatic heterocycles. The molecule has 0 radical (unpaired) electrons. The second kappa shape index (κ2) is 4.25. The van der Waals surface area contributed by atoms with Crippen LogP contribution in [-0.2, 0) is 6.18 Å². The molecule has 0 aliphatic carbocycles. The van der Waals surface area contributed by atoms with Crippen molar-refractivity contribution < 1.29 is 13.2 Å². The van der Waals surface area contributed by atoms with Crippen molar-refractivity contribution in [1.29, 1.82) is 0 Å². The van der Waals surface area contributed by atoms with Crippen LogP contribution >= 0.6 is 0 Å². The lowest BCUT2D eigenvalue weighted by molar-refractivity contribution is -0.137. The quantitative estimate of drug-likeness (QED) is 0.602. The van der Waals surface area contributed by atoms with Gasteiger partial charge in [0.05, 0.1) is 16.9 Å². The molecule has 1 aromatic carbocycles. The van der Waals surface area contributed by atoms with E-state index in [1.54, 1.807) is 6.08 Å². The van der Waals surface area contributed by atoms with Crippen molar-refractivity contribution in [3.8, 4) is 0 Å². The summed E-state index contributed by atoms with van der Waals surface area (Å²) in [7, 11) is 0. The molecule has 0 bridgehead atoms. The van der Waals surface area contributed by atoms with E-state index in [9.17, 15) is 13.2 Å². The van der Waals surface area contributed by atoms with Gasteiger partial charge in [0.15, 0.2) is 0 Å². The number of nitrogens with two attached hydrogens (primary N) is 1. The predicted octanol–water partition coefficient (Wildman–Crippen LogP) is 2.89. The van der Waals surface area contributed by atoms with Gasteiger partial charge in [-0.3, -0.25) is 0 Å². The normalized spacial score (nSPS) is 11.1. The van der Waals surface area contributed by atoms with Gasteiger partial charge in [-0.15, -0.1) is 6.58 Å². The van der Waals surface area contributed by atoms with Gasteiger partial charge in [-0.2, -0.15) is 13.2 Å². The Labute approximate surface area is 85.6 Å². The van der Waals surface area contributed by atoms with Crippen molar-refractivity contribution in [2.45, 2.75) is 6.18 Å². The van der Waals surface area contributed by atoms with E-state index in [4.69, 9.17) is 5.73 Å². The third-order valence-electron chi connectivity index (χ3n) is 1.82. The predicted molar refractivity (Wildman–Crippen MR) is 54.5 cm³/mol. The highest BCUT2D eigenvalue weighted by Crippen LogP contribution is 2.32. The van der Waals surface area contributed by atoms with E-state index in [2.05, 4.69) is 11.9 Å². The zero-order valence-electron chi connectivity index (χ0n) is 7.93. The molecule has 0 unspecified atom stereocenters. The summed E-state index contributed by atoms with van der Waals surface area (Å²) in [5.41, 5.74) is 5.27. The van der Waals surface area contributed by atoms with Crippen LogP contribution in [0.2, 0.25) is 0 Å². The number of benzene rings is 1. The van der Waals surface area contributed by atoms with Crippen LogP contribution in [0.25, 0.3) is 0 Å². The molecule has 0 aromatic heterocycles. The van der Waals surface area contributed by atoms with Gasteiger partial charge in [0.25, 0.3) is 0 Å². The topological polar surface area (TPSA) is 38.0 Å². The van der Waals surface area contributed by atoms with Gasteiger partial charge in [-0.05, 0) is 18.2 Å². The smallest absolute Gasteiger partial charge is 0.397 e. The Bertz CT molecular complexity index is 358. The summed E-state index contributed by atoms with van der Waals surface area (Å²) in [5.74, 6) is 0. The Kier molecular flexibility index (Phi) is 3.24. The Morgan fingerprint density at radius 3 is 2.53 bits per heavy atom. The summed E-state index contributed by atoms with van der Waals surface area (Å²) in [5, 5.41) is 2.83. The molecule has 1 rings (SSSR count). The summed E-state index contributed by atoms with van der Waals surface area (Å²) >= 11 is 0. The number of hydrogen-bond acceptors (Lipinski definition) is 2. The molecular weight excluding hydrogens is 205 g/mol. The second-order valence-corrected chi connectivity index (χ2v) is 2.97. The van der Waals surface area contributed by atoms with Crippen molar-refractivity contribution in [3.05, 3.63) is 36.4 Å². The minimum absolute atomic E-state index is 0.0756. The van der Waals surface area contributed by atoms with Gasteiger partial charge in [0.2, 0.25) is 0 Å². The zero-order chi connectivity index (χ0) is 11.5. The molecule has 0 spiro atoms. The first-order valence-electron chi connectivity index (χ1n) is 4.26. The maximum atomic E-state index is 12.3. The van der Waals surface area contributed by atoms with Crippen molar-refractivity contribution in [2.24, 2.45) is 0 Å². The average molecular weight is 216 g/mol. The third-order valence-corrected chi connectivity index (χ3v) is 1.82. The number of halogens is 3. The molecule has 0 aliphatic rings. The number of nitrogens with one attached hydrogen (secondary N) is 1. The van der Waals surface area contributed by atoms with Crippen LogP contribution in [0.1, 0.15) is 5.56 Å². The van der Waals surface area contributed by atoms with E-state index in [1.807, 2.05) is 0 Å². The van der Waals surface area contributed by atoms with Gasteiger partial charge in [-0.25, -0.2) is 0 Å². The average Bonchev–Trinajstić information content (AvgIpc) is 2.14. The van der Waals surface area contributed by atoms with Crippen molar-refractivity contribution in [1.82, 2.24) is 0 Å². The lowest BCUT2D eigenvalue weighted by Crippen LogP contribution is -2.07. The van der Waals surface area contributed by atoms with Gasteiger partial charge >= 0.3 is 6.18 Å². The lowest BCUT2D eigenvalue weighted by atomic mass is 10.1. The van der Waals surface area contributed by atoms with E-state index >= 15 is 0 Å². The highest BCUT2D eigenvalue weighted by molar-refractivity contribution is 5.67. The van der Waals surface area contributed by atoms with Gasteiger partial charge in [0, 0.05) is 6.54 Å². The van der Waals surface area contributed by atoms with Crippen LogP contribution in [0.15, 0.2) is 30.9 Å². The van der Waals surface area contributed by atoms with Gasteiger partial charge < -0.3 is 11.1 Å². The molecule has 0 heterocycles. The van der Waals surface area contributed by atoms with E-state index in [0.717, 1.165) is 12.1 Å². The molecule has 2 nitrogen and oxygen atoms in total. The first kappa shape index (κ1) is 11.4. The number of rotatable bonds is 3. The van der Waals surface area contributed by atoms with E-state index < -0.39 is 11.7 Å². The van der Waals surface area contributed by atoms with Gasteiger partial charge in [-0.1, -0.05) is 6.08 Å². The van der Waals surface area contributed by atoms with Crippen LogP contribution in [-0.4, -0.2) is 6.54 Å². The molecule has 0 fully saturated rings. The highest BCUT2D eigenvalue weighted by Gasteiger charge is 2.30. The summed E-state index contributed by atoms with van der Waals surface area (Å²) in [6.07, 6.45) is -2.76. The number of nitrogen functional groups attached to an aromatic ring is 1. The SMILES string of the molecule is C=CCNc1ccc(C(F)(F)F)cc1N. The highest BCUT2D eigenvalue weighted by atomic mass is 19.4. The summed E-state index contributed by atoms with van der Waals surface area (Å²) in [4.78, 5) is 0. The first-order chi connectivity index (χ1) is 6.95. The van der Waals surface area contributed by atoms with Crippen LogP contribution in [0.4, 0.5) is 24.5 Å². The molecule has 1 aromatic rings. The molecule has 82 valence electrons. The van der Waals surface area contributed by atoms with Crippen molar-refractivity contribution in [2.75, 3.05) is 17.6 Å². The number of alkyl halides is 3. The molecule has 15 heavy (non-hydrogen) atoms. The summed E-state index contributed by atoms with van der Waals surface area (Å²) in [6.45, 7) is 3.93. The minimum Gasteiger partial charge on any atom is -0.397 e. The van der Waals surface area contributed by atoms with Crippen LogP contribution < -0.4 is 11.1 Å². The standard InChI is InChI=1S/C10H11F3N2/c1-2-5-15-9-4-3-7(6-8(9)14)10(11,12)13/h2-4,6,15H,1,5,14H2. The van der Waals surface area contributed by atoms with E-state index in [0.29, 0.717) is 12.2 Å². The molecule has 0 atom stereocenters. The molecule has 0 saturated heterocycles. The Balaban J connectivity index is 2.93. The monoisotopic (exact) mass is 216 g/mol. The van der Waals surface area contributed by atoms with Crippen molar-refractivity contribution >= 4 is 11.4 Å². The van der Waals surface area contributed by atoms with Gasteiger partial charge in [0.1, 0.15) is 0 Å². The van der Waals surface area contributed by atoms with Crippen molar-refractivity contribution in [3.63, 3.8) is 0 Å². The fourth-order valence-electron chi connectivity index (χ4n) is 1.08. The Hall–Kier alpha value is -1.65. The van der Waals surface area contributed by atoms with E-state index in [-0.39, 0.29) is 5.69 Å². The number of anilines is 2. The maximum absolute atomic E-state index is 12.3. The third kappa shape index (κ3) is 2.90. The largest absolute Gasteiger partial charge is 0.416 e. The lowest BCUT2D eigenvalue weighted by Gasteiger charge is -2.11. The Morgan fingerprint density at radius 2 is 2.07 bits per heavy atom. The molecular formula is C10H11F3N2. The first-order valence-corrected chi connectivity index (χ1v) is 4.26. The van der Waals surface area contributed by atoms with Crippen LogP contribution in [0.3, 0.4) is 0 Å². The molecule has 5 heteroatoms. The molecule has 0 amide bonds. The maximum Gasteiger partial charge on any atom is 0.416 e. The number of hydrogen-bond donors (Lipinski definition) is 2. The van der Waals surface area contributed by atoms with Crippen LogP contribution in [0, 0.1) is 0 Å². The fraction of sp³-hybridized carbons (Fsp3) is 0.200. The summed E-state index contributed by atoms with van der Waals surface area (Å²) < 4.78 is 36.8. The fourth-order valence-corrected chi connectivity index (χ4v) is 1.08. The summed E-state index contributed by atoms with van der Waals surface area (Å²) in [6, 6.07) is 3.20. The Morgan fingerprint density at radius 1 is 1.40 bits per heavy atom. The second-order valence-electron chi connectivity index (χ2n) is 2.97. The zero-order valence-corrected chi connectivity index (χ0v) is 7.93.